The first-order chi connectivity index (χ1) is 10.3. The third-order valence-corrected chi connectivity index (χ3v) is 4.09. The van der Waals surface area contributed by atoms with Crippen molar-refractivity contribution < 1.29 is 9.26 Å². The lowest BCUT2D eigenvalue weighted by Crippen LogP contribution is -2.36. The Morgan fingerprint density at radius 1 is 1.43 bits per heavy atom. The number of aromatic nitrogens is 3. The van der Waals surface area contributed by atoms with E-state index in [-0.39, 0.29) is 5.54 Å². The van der Waals surface area contributed by atoms with Gasteiger partial charge in [0.1, 0.15) is 0 Å². The van der Waals surface area contributed by atoms with Crippen molar-refractivity contribution in [1.82, 2.24) is 20.4 Å². The van der Waals surface area contributed by atoms with E-state index < -0.39 is 0 Å². The standard InChI is InChI=1S/C15H20N4O2/c1-3-15(7-4-8-17-15)14-18-12(19-21-14)9-11-5-6-13(20-2)16-10-11/h5-6,10,17H,3-4,7-9H2,1-2H3. The van der Waals surface area contributed by atoms with Gasteiger partial charge >= 0.3 is 0 Å². The summed E-state index contributed by atoms with van der Waals surface area (Å²) in [6.45, 7) is 3.16. The van der Waals surface area contributed by atoms with Crippen molar-refractivity contribution >= 4 is 0 Å². The van der Waals surface area contributed by atoms with Gasteiger partial charge in [0, 0.05) is 18.7 Å². The molecule has 0 radical (unpaired) electrons. The SMILES string of the molecule is CCC1(c2nc(Cc3ccc(OC)nc3)no2)CCCN1. The lowest BCUT2D eigenvalue weighted by atomic mass is 9.94. The number of pyridine rings is 1. The Morgan fingerprint density at radius 2 is 2.33 bits per heavy atom. The molecule has 1 aliphatic heterocycles. The van der Waals surface area contributed by atoms with E-state index in [1.807, 2.05) is 12.1 Å². The van der Waals surface area contributed by atoms with Crippen LogP contribution in [0.2, 0.25) is 0 Å². The number of nitrogens with zero attached hydrogens (tertiary/aromatic N) is 3. The molecule has 6 heteroatoms. The van der Waals surface area contributed by atoms with Gasteiger partial charge in [-0.05, 0) is 31.4 Å². The molecule has 0 spiro atoms. The van der Waals surface area contributed by atoms with Crippen LogP contribution < -0.4 is 10.1 Å². The second-order valence-electron chi connectivity index (χ2n) is 5.37. The predicted octanol–water partition coefficient (Wildman–Crippen LogP) is 2.05. The Hall–Kier alpha value is -1.95. The molecule has 3 rings (SSSR count). The molecule has 6 nitrogen and oxygen atoms in total. The summed E-state index contributed by atoms with van der Waals surface area (Å²) in [7, 11) is 1.60. The lowest BCUT2D eigenvalue weighted by Gasteiger charge is -2.22. The first-order valence-electron chi connectivity index (χ1n) is 7.33. The number of methoxy groups -OCH3 is 1. The van der Waals surface area contributed by atoms with Crippen molar-refractivity contribution in [1.29, 1.82) is 0 Å². The first kappa shape index (κ1) is 14.0. The summed E-state index contributed by atoms with van der Waals surface area (Å²) in [4.78, 5) is 8.76. The second-order valence-corrected chi connectivity index (χ2v) is 5.37. The van der Waals surface area contributed by atoms with E-state index in [0.717, 1.165) is 31.4 Å². The van der Waals surface area contributed by atoms with Gasteiger partial charge in [-0.2, -0.15) is 4.98 Å². The van der Waals surface area contributed by atoms with Gasteiger partial charge in [-0.3, -0.25) is 0 Å². The van der Waals surface area contributed by atoms with Gasteiger partial charge in [0.15, 0.2) is 5.82 Å². The molecule has 3 heterocycles. The molecule has 0 aromatic carbocycles. The Bertz CT molecular complexity index is 588. The van der Waals surface area contributed by atoms with Crippen LogP contribution >= 0.6 is 0 Å². The van der Waals surface area contributed by atoms with E-state index in [2.05, 4.69) is 27.4 Å². The van der Waals surface area contributed by atoms with E-state index in [4.69, 9.17) is 9.26 Å². The van der Waals surface area contributed by atoms with Crippen LogP contribution in [-0.4, -0.2) is 28.8 Å². The summed E-state index contributed by atoms with van der Waals surface area (Å²) in [5.74, 6) is 2.00. The van der Waals surface area contributed by atoms with Crippen LogP contribution in [-0.2, 0) is 12.0 Å². The van der Waals surface area contributed by atoms with Gasteiger partial charge in [0.25, 0.3) is 0 Å². The van der Waals surface area contributed by atoms with Gasteiger partial charge < -0.3 is 14.6 Å². The third-order valence-electron chi connectivity index (χ3n) is 4.09. The molecule has 1 unspecified atom stereocenters. The van der Waals surface area contributed by atoms with Crippen molar-refractivity contribution in [3.8, 4) is 5.88 Å². The van der Waals surface area contributed by atoms with Gasteiger partial charge in [-0.1, -0.05) is 18.1 Å². The van der Waals surface area contributed by atoms with Crippen LogP contribution in [0.25, 0.3) is 0 Å². The van der Waals surface area contributed by atoms with Crippen LogP contribution in [0.1, 0.15) is 43.5 Å². The summed E-state index contributed by atoms with van der Waals surface area (Å²) in [6.07, 6.45) is 5.54. The number of nitrogens with one attached hydrogen (secondary N) is 1. The maximum absolute atomic E-state index is 5.49. The lowest BCUT2D eigenvalue weighted by molar-refractivity contribution is 0.249. The maximum Gasteiger partial charge on any atom is 0.246 e. The number of rotatable bonds is 5. The number of hydrogen-bond acceptors (Lipinski definition) is 6. The van der Waals surface area contributed by atoms with Gasteiger partial charge in [-0.15, -0.1) is 0 Å². The minimum atomic E-state index is -0.136. The van der Waals surface area contributed by atoms with Gasteiger partial charge in [0.05, 0.1) is 12.6 Å². The topological polar surface area (TPSA) is 73.1 Å². The second kappa shape index (κ2) is 5.81. The minimum absolute atomic E-state index is 0.136. The van der Waals surface area contributed by atoms with Crippen molar-refractivity contribution in [3.05, 3.63) is 35.6 Å². The van der Waals surface area contributed by atoms with Crippen molar-refractivity contribution in [2.24, 2.45) is 0 Å². The zero-order chi connectivity index (χ0) is 14.7. The van der Waals surface area contributed by atoms with Gasteiger partial charge in [0.2, 0.25) is 11.8 Å². The molecule has 1 saturated heterocycles. The fourth-order valence-electron chi connectivity index (χ4n) is 2.78. The van der Waals surface area contributed by atoms with Crippen LogP contribution in [0.15, 0.2) is 22.9 Å². The normalized spacial score (nSPS) is 21.6. The van der Waals surface area contributed by atoms with Crippen LogP contribution in [0.5, 0.6) is 5.88 Å². The monoisotopic (exact) mass is 288 g/mol. The quantitative estimate of drug-likeness (QED) is 0.907. The van der Waals surface area contributed by atoms with Crippen molar-refractivity contribution in [2.45, 2.75) is 38.1 Å². The average molecular weight is 288 g/mol. The Balaban J connectivity index is 1.75. The Kier molecular flexibility index (Phi) is 3.88. The summed E-state index contributed by atoms with van der Waals surface area (Å²) in [5, 5.41) is 7.61. The van der Waals surface area contributed by atoms with E-state index in [9.17, 15) is 0 Å². The van der Waals surface area contributed by atoms with Crippen molar-refractivity contribution in [3.63, 3.8) is 0 Å². The molecule has 2 aromatic heterocycles. The molecule has 0 bridgehead atoms. The smallest absolute Gasteiger partial charge is 0.246 e. The molecule has 0 saturated carbocycles. The Labute approximate surface area is 123 Å². The van der Waals surface area contributed by atoms with Crippen LogP contribution in [0, 0.1) is 0 Å². The molecule has 0 aliphatic carbocycles. The molecule has 1 aliphatic rings. The third kappa shape index (κ3) is 2.76. The molecule has 2 aromatic rings. The zero-order valence-corrected chi connectivity index (χ0v) is 12.4. The molecule has 1 fully saturated rings. The van der Waals surface area contributed by atoms with E-state index in [1.165, 1.54) is 0 Å². The summed E-state index contributed by atoms with van der Waals surface area (Å²) in [5.41, 5.74) is 0.900. The Morgan fingerprint density at radius 3 is 2.95 bits per heavy atom. The first-order valence-corrected chi connectivity index (χ1v) is 7.33. The summed E-state index contributed by atoms with van der Waals surface area (Å²) >= 11 is 0. The van der Waals surface area contributed by atoms with E-state index >= 15 is 0 Å². The molecule has 112 valence electrons. The van der Waals surface area contributed by atoms with Crippen LogP contribution in [0.4, 0.5) is 0 Å². The number of hydrogen-bond donors (Lipinski definition) is 1. The van der Waals surface area contributed by atoms with Crippen LogP contribution in [0.3, 0.4) is 0 Å². The summed E-state index contributed by atoms with van der Waals surface area (Å²) in [6, 6.07) is 3.80. The highest BCUT2D eigenvalue weighted by atomic mass is 16.5. The molecule has 1 N–H and O–H groups in total. The fraction of sp³-hybridized carbons (Fsp3) is 0.533. The van der Waals surface area contributed by atoms with Gasteiger partial charge in [-0.25, -0.2) is 4.98 Å². The highest BCUT2D eigenvalue weighted by Gasteiger charge is 2.38. The predicted molar refractivity (Wildman–Crippen MR) is 77.1 cm³/mol. The number of ether oxygens (including phenoxy) is 1. The highest BCUT2D eigenvalue weighted by molar-refractivity contribution is 5.20. The highest BCUT2D eigenvalue weighted by Crippen LogP contribution is 2.32. The molecular weight excluding hydrogens is 268 g/mol. The molecular formula is C15H20N4O2. The summed E-state index contributed by atoms with van der Waals surface area (Å²) < 4.78 is 10.5. The largest absolute Gasteiger partial charge is 0.481 e. The molecule has 1 atom stereocenters. The van der Waals surface area contributed by atoms with E-state index in [0.29, 0.717) is 24.0 Å². The fourth-order valence-corrected chi connectivity index (χ4v) is 2.78. The minimum Gasteiger partial charge on any atom is -0.481 e. The molecule has 0 amide bonds. The molecule has 21 heavy (non-hydrogen) atoms. The average Bonchev–Trinajstić information content (AvgIpc) is 3.17. The maximum atomic E-state index is 5.49. The van der Waals surface area contributed by atoms with Crippen molar-refractivity contribution in [2.75, 3.05) is 13.7 Å². The van der Waals surface area contributed by atoms with E-state index in [1.54, 1.807) is 13.3 Å². The zero-order valence-electron chi connectivity index (χ0n) is 12.4.